The molecule has 5 heteroatoms. The van der Waals surface area contributed by atoms with Crippen molar-refractivity contribution >= 4 is 5.91 Å². The van der Waals surface area contributed by atoms with Crippen molar-refractivity contribution < 1.29 is 13.9 Å². The smallest absolute Gasteiger partial charge is 0.226 e. The number of nitrogens with zero attached hydrogens (tertiary/aromatic N) is 1. The van der Waals surface area contributed by atoms with Gasteiger partial charge in [0.1, 0.15) is 11.5 Å². The van der Waals surface area contributed by atoms with Crippen molar-refractivity contribution in [2.75, 3.05) is 7.11 Å². The molecule has 1 aromatic heterocycles. The second kappa shape index (κ2) is 8.88. The molecule has 3 rings (SSSR count). The predicted molar refractivity (Wildman–Crippen MR) is 101 cm³/mol. The molecular formula is C21H28N2O3. The number of benzene rings is 1. The van der Waals surface area contributed by atoms with Gasteiger partial charge >= 0.3 is 0 Å². The average molecular weight is 356 g/mol. The largest absolute Gasteiger partial charge is 0.497 e. The van der Waals surface area contributed by atoms with E-state index < -0.39 is 0 Å². The van der Waals surface area contributed by atoms with Gasteiger partial charge in [-0.05, 0) is 56.9 Å². The van der Waals surface area contributed by atoms with Crippen molar-refractivity contribution in [3.8, 4) is 17.2 Å². The molecule has 0 bridgehead atoms. The number of amides is 1. The van der Waals surface area contributed by atoms with Gasteiger partial charge in [-0.3, -0.25) is 4.79 Å². The van der Waals surface area contributed by atoms with Crippen molar-refractivity contribution in [2.24, 2.45) is 0 Å². The minimum atomic E-state index is 0.161. The van der Waals surface area contributed by atoms with Gasteiger partial charge in [0, 0.05) is 18.0 Å². The molecule has 1 N–H and O–H groups in total. The van der Waals surface area contributed by atoms with Crippen LogP contribution in [-0.4, -0.2) is 24.0 Å². The van der Waals surface area contributed by atoms with Crippen molar-refractivity contribution in [3.05, 3.63) is 35.7 Å². The van der Waals surface area contributed by atoms with Crippen LogP contribution in [0.15, 0.2) is 28.7 Å². The highest BCUT2D eigenvalue weighted by molar-refractivity contribution is 5.76. The van der Waals surface area contributed by atoms with E-state index in [1.165, 1.54) is 19.3 Å². The predicted octanol–water partition coefficient (Wildman–Crippen LogP) is 4.43. The summed E-state index contributed by atoms with van der Waals surface area (Å²) in [6, 6.07) is 8.04. The minimum Gasteiger partial charge on any atom is -0.497 e. The second-order valence-corrected chi connectivity index (χ2v) is 7.01. The lowest BCUT2D eigenvalue weighted by atomic mass is 9.95. The highest BCUT2D eigenvalue weighted by atomic mass is 16.5. The lowest BCUT2D eigenvalue weighted by Crippen LogP contribution is -2.36. The monoisotopic (exact) mass is 356 g/mol. The highest BCUT2D eigenvalue weighted by Crippen LogP contribution is 2.24. The van der Waals surface area contributed by atoms with Crippen LogP contribution in [0.4, 0.5) is 0 Å². The summed E-state index contributed by atoms with van der Waals surface area (Å²) in [5.74, 6) is 2.41. The molecule has 1 saturated carbocycles. The first kappa shape index (κ1) is 18.5. The Bertz CT molecular complexity index is 715. The molecular weight excluding hydrogens is 328 g/mol. The van der Waals surface area contributed by atoms with Gasteiger partial charge in [-0.25, -0.2) is 4.98 Å². The summed E-state index contributed by atoms with van der Waals surface area (Å²) in [4.78, 5) is 16.7. The molecule has 0 aliphatic heterocycles. The van der Waals surface area contributed by atoms with Crippen molar-refractivity contribution in [1.82, 2.24) is 10.3 Å². The molecule has 1 heterocycles. The number of hydrogen-bond donors (Lipinski definition) is 1. The molecule has 0 saturated heterocycles. The fourth-order valence-electron chi connectivity index (χ4n) is 3.48. The van der Waals surface area contributed by atoms with E-state index in [0.717, 1.165) is 48.5 Å². The summed E-state index contributed by atoms with van der Waals surface area (Å²) in [7, 11) is 1.65. The van der Waals surface area contributed by atoms with Gasteiger partial charge < -0.3 is 14.5 Å². The van der Waals surface area contributed by atoms with Crippen molar-refractivity contribution in [3.63, 3.8) is 0 Å². The zero-order chi connectivity index (χ0) is 18.4. The van der Waals surface area contributed by atoms with Gasteiger partial charge in [0.25, 0.3) is 0 Å². The summed E-state index contributed by atoms with van der Waals surface area (Å²) in [5.41, 5.74) is 1.86. The van der Waals surface area contributed by atoms with Crippen molar-refractivity contribution in [2.45, 2.75) is 64.3 Å². The molecule has 0 atom stereocenters. The van der Waals surface area contributed by atoms with E-state index in [4.69, 9.17) is 9.15 Å². The number of ether oxygens (including phenoxy) is 1. The summed E-state index contributed by atoms with van der Waals surface area (Å²) >= 11 is 0. The summed E-state index contributed by atoms with van der Waals surface area (Å²) in [6.45, 7) is 1.93. The number of nitrogens with one attached hydrogen (secondary N) is 1. The van der Waals surface area contributed by atoms with E-state index in [1.54, 1.807) is 7.11 Å². The van der Waals surface area contributed by atoms with Gasteiger partial charge in [-0.15, -0.1) is 0 Å². The number of oxazole rings is 1. The van der Waals surface area contributed by atoms with Crippen LogP contribution in [0.3, 0.4) is 0 Å². The van der Waals surface area contributed by atoms with E-state index in [2.05, 4.69) is 10.3 Å². The number of aromatic nitrogens is 1. The Kier molecular flexibility index (Phi) is 6.31. The molecule has 140 valence electrons. The summed E-state index contributed by atoms with van der Waals surface area (Å²) < 4.78 is 11.0. The number of carbonyl (C=O) groups is 1. The molecule has 1 fully saturated rings. The van der Waals surface area contributed by atoms with Gasteiger partial charge in [-0.2, -0.15) is 0 Å². The third-order valence-electron chi connectivity index (χ3n) is 5.02. The molecule has 26 heavy (non-hydrogen) atoms. The van der Waals surface area contributed by atoms with Crippen LogP contribution in [0.5, 0.6) is 5.75 Å². The molecule has 1 amide bonds. The molecule has 0 unspecified atom stereocenters. The average Bonchev–Trinajstić information content (AvgIpc) is 3.03. The first-order chi connectivity index (χ1) is 12.7. The lowest BCUT2D eigenvalue weighted by molar-refractivity contribution is -0.122. The van der Waals surface area contributed by atoms with Crippen LogP contribution in [0.1, 0.15) is 56.4 Å². The number of aryl methyl sites for hydroxylation is 2. The van der Waals surface area contributed by atoms with Crippen molar-refractivity contribution in [1.29, 1.82) is 0 Å². The fourth-order valence-corrected chi connectivity index (χ4v) is 3.48. The normalized spacial score (nSPS) is 15.0. The number of carbonyl (C=O) groups excluding carboxylic acids is 1. The maximum Gasteiger partial charge on any atom is 0.226 e. The Morgan fingerprint density at radius 2 is 1.96 bits per heavy atom. The van der Waals surface area contributed by atoms with Crippen LogP contribution in [0.25, 0.3) is 11.5 Å². The zero-order valence-corrected chi connectivity index (χ0v) is 15.7. The van der Waals surface area contributed by atoms with Crippen LogP contribution in [-0.2, 0) is 11.2 Å². The van der Waals surface area contributed by atoms with E-state index >= 15 is 0 Å². The van der Waals surface area contributed by atoms with E-state index in [1.807, 2.05) is 31.2 Å². The van der Waals surface area contributed by atoms with Gasteiger partial charge in [0.15, 0.2) is 0 Å². The van der Waals surface area contributed by atoms with Crippen LogP contribution < -0.4 is 10.1 Å². The van der Waals surface area contributed by atoms with E-state index in [0.29, 0.717) is 18.4 Å². The number of hydrogen-bond acceptors (Lipinski definition) is 4. The number of rotatable bonds is 7. The molecule has 5 nitrogen and oxygen atoms in total. The standard InChI is InChI=1S/C21H28N2O3/c1-15-19(9-6-10-20(24)22-17-7-4-3-5-8-17)23-21(26-15)16-11-13-18(25-2)14-12-16/h11-14,17H,3-10H2,1-2H3,(H,22,24). The van der Waals surface area contributed by atoms with E-state index in [9.17, 15) is 4.79 Å². The SMILES string of the molecule is COc1ccc(-c2nc(CCCC(=O)NC3CCCCC3)c(C)o2)cc1. The first-order valence-corrected chi connectivity index (χ1v) is 9.56. The fraction of sp³-hybridized carbons (Fsp3) is 0.524. The molecule has 2 aromatic rings. The Morgan fingerprint density at radius 1 is 1.23 bits per heavy atom. The third-order valence-corrected chi connectivity index (χ3v) is 5.02. The molecule has 0 radical (unpaired) electrons. The Hall–Kier alpha value is -2.30. The molecule has 1 aliphatic carbocycles. The quantitative estimate of drug-likeness (QED) is 0.797. The first-order valence-electron chi connectivity index (χ1n) is 9.56. The Labute approximate surface area is 155 Å². The zero-order valence-electron chi connectivity index (χ0n) is 15.7. The van der Waals surface area contributed by atoms with Crippen LogP contribution >= 0.6 is 0 Å². The van der Waals surface area contributed by atoms with Crippen LogP contribution in [0, 0.1) is 6.92 Å². The van der Waals surface area contributed by atoms with Crippen LogP contribution in [0.2, 0.25) is 0 Å². The molecule has 1 aliphatic rings. The van der Waals surface area contributed by atoms with Gasteiger partial charge in [0.05, 0.1) is 12.8 Å². The second-order valence-electron chi connectivity index (χ2n) is 7.01. The maximum absolute atomic E-state index is 12.1. The Balaban J connectivity index is 1.50. The summed E-state index contributed by atoms with van der Waals surface area (Å²) in [6.07, 6.45) is 8.10. The molecule has 0 spiro atoms. The van der Waals surface area contributed by atoms with E-state index in [-0.39, 0.29) is 5.91 Å². The maximum atomic E-state index is 12.1. The lowest BCUT2D eigenvalue weighted by Gasteiger charge is -2.22. The molecule has 1 aromatic carbocycles. The minimum absolute atomic E-state index is 0.161. The highest BCUT2D eigenvalue weighted by Gasteiger charge is 2.16. The topological polar surface area (TPSA) is 64.4 Å². The summed E-state index contributed by atoms with van der Waals surface area (Å²) in [5, 5.41) is 3.17. The Morgan fingerprint density at radius 3 is 2.65 bits per heavy atom. The van der Waals surface area contributed by atoms with Gasteiger partial charge in [0.2, 0.25) is 11.8 Å². The third kappa shape index (κ3) is 4.87. The van der Waals surface area contributed by atoms with Gasteiger partial charge in [-0.1, -0.05) is 19.3 Å². The number of methoxy groups -OCH3 is 1.